The zero-order chi connectivity index (χ0) is 14.4. The summed E-state index contributed by atoms with van der Waals surface area (Å²) in [6.45, 7) is 6.42. The third kappa shape index (κ3) is 4.19. The van der Waals surface area contributed by atoms with Crippen molar-refractivity contribution >= 4 is 22.6 Å². The minimum absolute atomic E-state index is 0.483. The Morgan fingerprint density at radius 1 is 1.30 bits per heavy atom. The monoisotopic (exact) mass is 392 g/mol. The Labute approximate surface area is 135 Å². The van der Waals surface area contributed by atoms with E-state index in [2.05, 4.69) is 50.6 Å². The van der Waals surface area contributed by atoms with Gasteiger partial charge >= 0.3 is 0 Å². The van der Waals surface area contributed by atoms with Gasteiger partial charge in [0.1, 0.15) is 5.76 Å². The van der Waals surface area contributed by atoms with Crippen LogP contribution in [0.4, 0.5) is 0 Å². The highest BCUT2D eigenvalue weighted by molar-refractivity contribution is 14.1. The quantitative estimate of drug-likeness (QED) is 0.393. The molecule has 1 heterocycles. The van der Waals surface area contributed by atoms with Crippen LogP contribution in [0.1, 0.15) is 6.42 Å². The summed E-state index contributed by atoms with van der Waals surface area (Å²) < 4.78 is 11.2. The molecule has 0 aromatic rings. The molecule has 0 bridgehead atoms. The van der Waals surface area contributed by atoms with Gasteiger partial charge in [-0.25, -0.2) is 0 Å². The van der Waals surface area contributed by atoms with E-state index in [1.165, 1.54) is 0 Å². The minimum atomic E-state index is 0.483. The summed E-state index contributed by atoms with van der Waals surface area (Å²) in [5.41, 5.74) is 0. The van der Waals surface area contributed by atoms with Crippen molar-refractivity contribution < 1.29 is 9.47 Å². The minimum Gasteiger partial charge on any atom is -0.501 e. The number of ether oxygens (including phenoxy) is 2. The molecular weight excluding hydrogens is 367 g/mol. The molecule has 2 atom stereocenters. The van der Waals surface area contributed by atoms with Crippen LogP contribution in [0, 0.1) is 5.92 Å². The third-order valence-electron chi connectivity index (χ3n) is 4.09. The molecule has 114 valence electrons. The van der Waals surface area contributed by atoms with E-state index < -0.39 is 0 Å². The maximum atomic E-state index is 5.54. The molecule has 0 N–H and O–H groups in total. The maximum Gasteiger partial charge on any atom is 0.101 e. The van der Waals surface area contributed by atoms with Gasteiger partial charge in [-0.3, -0.25) is 9.80 Å². The lowest BCUT2D eigenvalue weighted by Crippen LogP contribution is -2.51. The van der Waals surface area contributed by atoms with E-state index in [1.807, 2.05) is 0 Å². The van der Waals surface area contributed by atoms with E-state index in [9.17, 15) is 0 Å². The predicted octanol–water partition coefficient (Wildman–Crippen LogP) is 2.12. The molecule has 2 aliphatic rings. The van der Waals surface area contributed by atoms with Gasteiger partial charge in [-0.1, -0.05) is 34.7 Å². The van der Waals surface area contributed by atoms with Crippen LogP contribution in [0.3, 0.4) is 0 Å². The number of methoxy groups -OCH3 is 2. The summed E-state index contributed by atoms with van der Waals surface area (Å²) in [6.07, 6.45) is 7.53. The molecule has 0 saturated carbocycles. The molecule has 4 nitrogen and oxygen atoms in total. The van der Waals surface area contributed by atoms with Gasteiger partial charge in [0.25, 0.3) is 0 Å². The fourth-order valence-corrected chi connectivity index (χ4v) is 4.01. The van der Waals surface area contributed by atoms with Crippen molar-refractivity contribution in [2.45, 2.75) is 10.5 Å². The molecule has 0 spiro atoms. The number of allylic oxidation sites excluding steroid dienone is 3. The van der Waals surface area contributed by atoms with Crippen LogP contribution in [0.2, 0.25) is 0 Å². The fourth-order valence-electron chi connectivity index (χ4n) is 2.80. The van der Waals surface area contributed by atoms with Crippen molar-refractivity contribution in [2.75, 3.05) is 53.6 Å². The van der Waals surface area contributed by atoms with Crippen LogP contribution in [0.5, 0.6) is 0 Å². The number of rotatable bonds is 6. The van der Waals surface area contributed by atoms with Crippen molar-refractivity contribution in [1.82, 2.24) is 9.80 Å². The van der Waals surface area contributed by atoms with Gasteiger partial charge < -0.3 is 9.47 Å². The first-order valence-electron chi connectivity index (χ1n) is 7.26. The molecule has 5 heteroatoms. The summed E-state index contributed by atoms with van der Waals surface area (Å²) in [5, 5.41) is 0. The maximum absolute atomic E-state index is 5.54. The van der Waals surface area contributed by atoms with E-state index in [0.29, 0.717) is 9.97 Å². The zero-order valence-corrected chi connectivity index (χ0v) is 14.6. The molecule has 20 heavy (non-hydrogen) atoms. The summed E-state index contributed by atoms with van der Waals surface area (Å²) in [5.74, 6) is 1.60. The largest absolute Gasteiger partial charge is 0.501 e. The van der Waals surface area contributed by atoms with E-state index in [0.717, 1.165) is 51.5 Å². The Morgan fingerprint density at radius 2 is 2.05 bits per heavy atom. The van der Waals surface area contributed by atoms with Crippen molar-refractivity contribution in [3.05, 3.63) is 24.0 Å². The van der Waals surface area contributed by atoms with Crippen LogP contribution in [-0.2, 0) is 9.47 Å². The van der Waals surface area contributed by atoms with Crippen LogP contribution in [0.25, 0.3) is 0 Å². The van der Waals surface area contributed by atoms with Crippen LogP contribution < -0.4 is 0 Å². The molecule has 2 rings (SSSR count). The second-order valence-corrected chi connectivity index (χ2v) is 6.56. The second kappa shape index (κ2) is 8.36. The molecule has 0 amide bonds. The summed E-state index contributed by atoms with van der Waals surface area (Å²) in [4.78, 5) is 5.07. The van der Waals surface area contributed by atoms with Gasteiger partial charge in [0.2, 0.25) is 0 Å². The lowest BCUT2D eigenvalue weighted by molar-refractivity contribution is 0.0812. The predicted molar refractivity (Wildman–Crippen MR) is 90.0 cm³/mol. The van der Waals surface area contributed by atoms with Gasteiger partial charge in [0.05, 0.1) is 17.8 Å². The average molecular weight is 392 g/mol. The van der Waals surface area contributed by atoms with Crippen molar-refractivity contribution in [3.8, 4) is 0 Å². The number of hydrogen-bond donors (Lipinski definition) is 0. The lowest BCUT2D eigenvalue weighted by Gasteiger charge is -2.40. The Bertz CT molecular complexity index is 352. The van der Waals surface area contributed by atoms with Crippen molar-refractivity contribution in [2.24, 2.45) is 5.92 Å². The van der Waals surface area contributed by atoms with Crippen LogP contribution in [0.15, 0.2) is 24.0 Å². The number of halogens is 1. The third-order valence-corrected chi connectivity index (χ3v) is 5.74. The first-order valence-corrected chi connectivity index (χ1v) is 8.51. The second-order valence-electron chi connectivity index (χ2n) is 5.29. The van der Waals surface area contributed by atoms with Crippen LogP contribution >= 0.6 is 22.6 Å². The van der Waals surface area contributed by atoms with E-state index in [1.54, 1.807) is 14.2 Å². The van der Waals surface area contributed by atoms with E-state index in [4.69, 9.17) is 9.47 Å². The van der Waals surface area contributed by atoms with Crippen molar-refractivity contribution in [1.29, 1.82) is 0 Å². The Hall–Kier alpha value is -0.110. The van der Waals surface area contributed by atoms with Gasteiger partial charge in [-0.2, -0.15) is 0 Å². The Balaban J connectivity index is 1.84. The smallest absolute Gasteiger partial charge is 0.101 e. The highest BCUT2D eigenvalue weighted by atomic mass is 127. The normalized spacial score (nSPS) is 26.4. The number of alkyl halides is 1. The molecular formula is C15H25IN2O2. The first kappa shape index (κ1) is 16.3. The highest BCUT2D eigenvalue weighted by Crippen LogP contribution is 2.31. The summed E-state index contributed by atoms with van der Waals surface area (Å²) >= 11 is 2.58. The van der Waals surface area contributed by atoms with E-state index in [-0.39, 0.29) is 0 Å². The van der Waals surface area contributed by atoms with Gasteiger partial charge in [-0.05, 0) is 12.5 Å². The molecule has 0 aromatic carbocycles. The highest BCUT2D eigenvalue weighted by Gasteiger charge is 2.31. The Kier molecular flexibility index (Phi) is 6.80. The zero-order valence-electron chi connectivity index (χ0n) is 12.4. The number of nitrogens with zero attached hydrogens (tertiary/aromatic N) is 2. The topological polar surface area (TPSA) is 24.9 Å². The van der Waals surface area contributed by atoms with E-state index >= 15 is 0 Å². The SMILES string of the molecule is COCCN1CCN(C(I)C2CC=CC=C2OC)CC1. The van der Waals surface area contributed by atoms with Gasteiger partial charge in [0, 0.05) is 45.8 Å². The molecule has 2 unspecified atom stereocenters. The van der Waals surface area contributed by atoms with Gasteiger partial charge in [0.15, 0.2) is 0 Å². The molecule has 1 aliphatic heterocycles. The summed E-state index contributed by atoms with van der Waals surface area (Å²) in [6, 6.07) is 0. The standard InChI is InChI=1S/C15H25IN2O2/c1-19-12-11-17-7-9-18(10-8-17)15(16)13-5-3-4-6-14(13)20-2/h3-4,6,13,15H,5,7-12H2,1-2H3. The molecule has 1 fully saturated rings. The number of piperazine rings is 1. The Morgan fingerprint density at radius 3 is 2.70 bits per heavy atom. The lowest BCUT2D eigenvalue weighted by atomic mass is 9.97. The average Bonchev–Trinajstić information content (AvgIpc) is 2.52. The molecule has 1 aliphatic carbocycles. The summed E-state index contributed by atoms with van der Waals surface area (Å²) in [7, 11) is 3.55. The first-order chi connectivity index (χ1) is 9.76. The molecule has 0 radical (unpaired) electrons. The number of hydrogen-bond acceptors (Lipinski definition) is 4. The van der Waals surface area contributed by atoms with Crippen molar-refractivity contribution in [3.63, 3.8) is 0 Å². The van der Waals surface area contributed by atoms with Gasteiger partial charge in [-0.15, -0.1) is 0 Å². The molecule has 0 aromatic heterocycles. The molecule has 1 saturated heterocycles. The van der Waals surface area contributed by atoms with Crippen LogP contribution in [-0.4, -0.2) is 67.4 Å². The fraction of sp³-hybridized carbons (Fsp3) is 0.733.